The minimum atomic E-state index is -4.28. The van der Waals surface area contributed by atoms with Crippen molar-refractivity contribution in [2.24, 2.45) is 0 Å². The van der Waals surface area contributed by atoms with Gasteiger partial charge in [0, 0.05) is 17.6 Å². The quantitative estimate of drug-likeness (QED) is 0.333. The molecule has 1 N–H and O–H groups in total. The molecule has 192 valence electrons. The number of rotatable bonds is 11. The predicted molar refractivity (Wildman–Crippen MR) is 138 cm³/mol. The molecular weight excluding hydrogens is 530 g/mol. The van der Waals surface area contributed by atoms with Crippen molar-refractivity contribution < 1.29 is 27.1 Å². The molecule has 0 heterocycles. The number of sulfonamides is 1. The number of methoxy groups -OCH3 is 2. The zero-order valence-electron chi connectivity index (χ0n) is 19.6. The number of halogens is 3. The molecule has 36 heavy (non-hydrogen) atoms. The highest BCUT2D eigenvalue weighted by Crippen LogP contribution is 2.33. The van der Waals surface area contributed by atoms with Gasteiger partial charge in [-0.05, 0) is 54.8 Å². The molecule has 0 aromatic heterocycles. The summed E-state index contributed by atoms with van der Waals surface area (Å²) in [6.07, 6.45) is 1.24. The average Bonchev–Trinajstić information content (AvgIpc) is 2.87. The number of anilines is 1. The first-order valence-corrected chi connectivity index (χ1v) is 13.1. The molecule has 0 radical (unpaired) electrons. The average molecular weight is 555 g/mol. The number of nitrogens with zero attached hydrogens (tertiary/aromatic N) is 1. The summed E-state index contributed by atoms with van der Waals surface area (Å²) in [5.41, 5.74) is 0.981. The number of aryl methyl sites for hydroxylation is 1. The molecule has 1 amide bonds. The van der Waals surface area contributed by atoms with Crippen LogP contribution < -0.4 is 19.1 Å². The Bertz CT molecular complexity index is 1340. The second-order valence-corrected chi connectivity index (χ2v) is 10.3. The van der Waals surface area contributed by atoms with Crippen LogP contribution >= 0.6 is 23.2 Å². The van der Waals surface area contributed by atoms with Crippen molar-refractivity contribution in [2.75, 3.05) is 31.6 Å². The Morgan fingerprint density at radius 3 is 2.36 bits per heavy atom. The number of benzene rings is 3. The summed E-state index contributed by atoms with van der Waals surface area (Å²) in [6.45, 7) is -0.247. The molecule has 0 fully saturated rings. The Hall–Kier alpha value is -3.01. The molecule has 11 heteroatoms. The molecule has 0 aliphatic rings. The van der Waals surface area contributed by atoms with Crippen molar-refractivity contribution >= 4 is 44.8 Å². The second-order valence-electron chi connectivity index (χ2n) is 7.67. The Morgan fingerprint density at radius 1 is 0.972 bits per heavy atom. The van der Waals surface area contributed by atoms with Gasteiger partial charge in [-0.25, -0.2) is 12.8 Å². The van der Waals surface area contributed by atoms with Crippen LogP contribution in [0.2, 0.25) is 10.0 Å². The van der Waals surface area contributed by atoms with Crippen LogP contribution in [-0.2, 0) is 21.2 Å². The Kier molecular flexibility index (Phi) is 9.42. The minimum Gasteiger partial charge on any atom is -0.493 e. The van der Waals surface area contributed by atoms with Gasteiger partial charge in [0.2, 0.25) is 5.91 Å². The van der Waals surface area contributed by atoms with E-state index in [4.69, 9.17) is 32.7 Å². The lowest BCUT2D eigenvalue weighted by molar-refractivity contribution is -0.119. The van der Waals surface area contributed by atoms with E-state index < -0.39 is 28.3 Å². The van der Waals surface area contributed by atoms with Crippen molar-refractivity contribution in [1.29, 1.82) is 0 Å². The van der Waals surface area contributed by atoms with Crippen LogP contribution in [0.4, 0.5) is 10.1 Å². The molecule has 0 atom stereocenters. The molecule has 0 unspecified atom stereocenters. The van der Waals surface area contributed by atoms with Crippen LogP contribution in [-0.4, -0.2) is 41.6 Å². The lowest BCUT2D eigenvalue weighted by Gasteiger charge is -2.25. The lowest BCUT2D eigenvalue weighted by atomic mass is 10.1. The van der Waals surface area contributed by atoms with Gasteiger partial charge in [0.15, 0.2) is 11.5 Å². The molecule has 7 nitrogen and oxygen atoms in total. The molecule has 0 saturated heterocycles. The van der Waals surface area contributed by atoms with Gasteiger partial charge in [0.05, 0.1) is 29.8 Å². The fourth-order valence-corrected chi connectivity index (χ4v) is 5.29. The molecule has 3 aromatic rings. The van der Waals surface area contributed by atoms with Crippen molar-refractivity contribution in [2.45, 2.75) is 17.7 Å². The Morgan fingerprint density at radius 2 is 1.69 bits per heavy atom. The number of hydrogen-bond donors (Lipinski definition) is 1. The zero-order valence-corrected chi connectivity index (χ0v) is 22.0. The molecule has 0 saturated carbocycles. The first-order valence-electron chi connectivity index (χ1n) is 10.9. The van der Waals surface area contributed by atoms with Gasteiger partial charge in [0.1, 0.15) is 12.4 Å². The van der Waals surface area contributed by atoms with Crippen LogP contribution in [0.15, 0.2) is 65.6 Å². The van der Waals surface area contributed by atoms with E-state index in [0.717, 1.165) is 22.0 Å². The maximum atomic E-state index is 13.8. The highest BCUT2D eigenvalue weighted by molar-refractivity contribution is 7.92. The predicted octanol–water partition coefficient (Wildman–Crippen LogP) is 5.09. The molecule has 0 aliphatic carbocycles. The van der Waals surface area contributed by atoms with E-state index in [1.165, 1.54) is 38.5 Å². The smallest absolute Gasteiger partial charge is 0.264 e. The number of carbonyl (C=O) groups is 1. The number of amides is 1. The SMILES string of the molecule is COc1ccc(S(=O)(=O)N(CC(=O)NCCCc2ccccc2Cl)c2ccc(F)c(Cl)c2)cc1OC. The van der Waals surface area contributed by atoms with Crippen molar-refractivity contribution in [3.63, 3.8) is 0 Å². The fraction of sp³-hybridized carbons (Fsp3) is 0.240. The van der Waals surface area contributed by atoms with Crippen LogP contribution in [0.5, 0.6) is 11.5 Å². The molecular formula is C25H25Cl2FN2O5S. The normalized spacial score (nSPS) is 11.1. The summed E-state index contributed by atoms with van der Waals surface area (Å²) < 4.78 is 52.2. The van der Waals surface area contributed by atoms with Gasteiger partial charge in [-0.1, -0.05) is 41.4 Å². The largest absolute Gasteiger partial charge is 0.493 e. The van der Waals surface area contributed by atoms with Gasteiger partial charge < -0.3 is 14.8 Å². The van der Waals surface area contributed by atoms with Gasteiger partial charge in [-0.2, -0.15) is 0 Å². The summed E-state index contributed by atoms with van der Waals surface area (Å²) in [4.78, 5) is 12.6. The van der Waals surface area contributed by atoms with E-state index in [2.05, 4.69) is 5.32 Å². The highest BCUT2D eigenvalue weighted by atomic mass is 35.5. The summed E-state index contributed by atoms with van der Waals surface area (Å²) in [7, 11) is -1.47. The molecule has 0 aliphatic heterocycles. The number of nitrogens with one attached hydrogen (secondary N) is 1. The second kappa shape index (κ2) is 12.3. The third-order valence-corrected chi connectivity index (χ3v) is 7.75. The first-order chi connectivity index (χ1) is 17.2. The van der Waals surface area contributed by atoms with Crippen LogP contribution in [0.1, 0.15) is 12.0 Å². The van der Waals surface area contributed by atoms with Crippen LogP contribution in [0, 0.1) is 5.82 Å². The standard InChI is InChI=1S/C25H25Cl2FN2O5S/c1-34-23-12-10-19(15-24(23)35-2)36(32,33)30(18-9-11-22(28)21(27)14-18)16-25(31)29-13-5-7-17-6-3-4-8-20(17)26/h3-4,6,8-12,14-15H,5,7,13,16H2,1-2H3,(H,29,31). The molecule has 0 spiro atoms. The summed E-state index contributed by atoms with van der Waals surface area (Å²) in [5.74, 6) is -0.727. The van der Waals surface area contributed by atoms with Gasteiger partial charge in [0.25, 0.3) is 10.0 Å². The minimum absolute atomic E-state index is 0.0300. The lowest BCUT2D eigenvalue weighted by Crippen LogP contribution is -2.41. The first kappa shape index (κ1) is 27.6. The van der Waals surface area contributed by atoms with Crippen LogP contribution in [0.25, 0.3) is 0 Å². The Balaban J connectivity index is 1.82. The Labute approximate surface area is 219 Å². The zero-order chi connectivity index (χ0) is 26.3. The third kappa shape index (κ3) is 6.60. The molecule has 0 bridgehead atoms. The fourth-order valence-electron chi connectivity index (χ4n) is 3.45. The topological polar surface area (TPSA) is 84.9 Å². The van der Waals surface area contributed by atoms with E-state index in [1.807, 2.05) is 18.2 Å². The van der Waals surface area contributed by atoms with E-state index >= 15 is 0 Å². The highest BCUT2D eigenvalue weighted by Gasteiger charge is 2.29. The summed E-state index contributed by atoms with van der Waals surface area (Å²) in [6, 6.07) is 14.9. The maximum Gasteiger partial charge on any atom is 0.264 e. The van der Waals surface area contributed by atoms with E-state index in [9.17, 15) is 17.6 Å². The van der Waals surface area contributed by atoms with Gasteiger partial charge >= 0.3 is 0 Å². The van der Waals surface area contributed by atoms with E-state index in [1.54, 1.807) is 6.07 Å². The van der Waals surface area contributed by atoms with Crippen molar-refractivity contribution in [3.05, 3.63) is 82.1 Å². The molecule has 3 rings (SSSR count). The van der Waals surface area contributed by atoms with E-state index in [-0.39, 0.29) is 21.4 Å². The number of carbonyl (C=O) groups excluding carboxylic acids is 1. The number of ether oxygens (including phenoxy) is 2. The monoisotopic (exact) mass is 554 g/mol. The third-order valence-electron chi connectivity index (χ3n) is 5.32. The summed E-state index contributed by atoms with van der Waals surface area (Å²) in [5, 5.41) is 3.09. The maximum absolute atomic E-state index is 13.8. The van der Waals surface area contributed by atoms with Crippen LogP contribution in [0.3, 0.4) is 0 Å². The summed E-state index contributed by atoms with van der Waals surface area (Å²) >= 11 is 12.1. The number of hydrogen-bond acceptors (Lipinski definition) is 5. The van der Waals surface area contributed by atoms with Gasteiger partial charge in [-0.15, -0.1) is 0 Å². The van der Waals surface area contributed by atoms with E-state index in [0.29, 0.717) is 30.2 Å². The molecule has 3 aromatic carbocycles. The van der Waals surface area contributed by atoms with Crippen molar-refractivity contribution in [3.8, 4) is 11.5 Å². The van der Waals surface area contributed by atoms with Crippen molar-refractivity contribution in [1.82, 2.24) is 5.32 Å². The van der Waals surface area contributed by atoms with Gasteiger partial charge in [-0.3, -0.25) is 9.10 Å².